The van der Waals surface area contributed by atoms with Crippen LogP contribution in [0.15, 0.2) is 18.3 Å². The summed E-state index contributed by atoms with van der Waals surface area (Å²) in [5.41, 5.74) is 2.69. The van der Waals surface area contributed by atoms with Crippen LogP contribution in [0.3, 0.4) is 0 Å². The molecule has 1 heterocycles. The number of methoxy groups -OCH3 is 1. The molecule has 94 valence electrons. The van der Waals surface area contributed by atoms with Crippen molar-refractivity contribution >= 4 is 34.2 Å². The molecule has 0 atom stereocenters. The third-order valence-corrected chi connectivity index (χ3v) is 3.30. The van der Waals surface area contributed by atoms with Gasteiger partial charge in [0.15, 0.2) is 0 Å². The number of hydrogen-bond donors (Lipinski definition) is 1. The molecule has 1 N–H and O–H groups in total. The third kappa shape index (κ3) is 1.88. The fourth-order valence-corrected chi connectivity index (χ4v) is 2.08. The van der Waals surface area contributed by atoms with Gasteiger partial charge in [0.05, 0.1) is 23.3 Å². The van der Waals surface area contributed by atoms with E-state index in [0.29, 0.717) is 21.8 Å². The SMILES string of the molecule is CNc1c(C(=O)OC)cnc2c(Cl)c(C)ccc12. The molecule has 0 amide bonds. The number of aromatic nitrogens is 1. The predicted molar refractivity (Wildman–Crippen MR) is 72.4 cm³/mol. The Bertz CT molecular complexity index is 626. The molecule has 0 radical (unpaired) electrons. The second-order valence-corrected chi connectivity index (χ2v) is 4.26. The van der Waals surface area contributed by atoms with Gasteiger partial charge in [-0.2, -0.15) is 0 Å². The van der Waals surface area contributed by atoms with Crippen LogP contribution in [0.25, 0.3) is 10.9 Å². The van der Waals surface area contributed by atoms with Crippen LogP contribution < -0.4 is 5.32 Å². The Balaban J connectivity index is 2.81. The number of nitrogens with one attached hydrogen (secondary N) is 1. The number of halogens is 1. The van der Waals surface area contributed by atoms with E-state index >= 15 is 0 Å². The minimum Gasteiger partial charge on any atom is -0.465 e. The molecule has 5 heteroatoms. The number of fused-ring (bicyclic) bond motifs is 1. The first-order chi connectivity index (χ1) is 8.60. The van der Waals surface area contributed by atoms with Crippen molar-refractivity contribution in [3.05, 3.63) is 34.5 Å². The minimum atomic E-state index is -0.426. The van der Waals surface area contributed by atoms with E-state index in [9.17, 15) is 4.79 Å². The highest BCUT2D eigenvalue weighted by Gasteiger charge is 2.16. The Morgan fingerprint density at radius 3 is 2.78 bits per heavy atom. The van der Waals surface area contributed by atoms with Crippen molar-refractivity contribution in [3.63, 3.8) is 0 Å². The first-order valence-corrected chi connectivity index (χ1v) is 5.81. The van der Waals surface area contributed by atoms with Crippen molar-refractivity contribution in [3.8, 4) is 0 Å². The Morgan fingerprint density at radius 1 is 1.44 bits per heavy atom. The summed E-state index contributed by atoms with van der Waals surface area (Å²) in [5.74, 6) is -0.426. The summed E-state index contributed by atoms with van der Waals surface area (Å²) < 4.78 is 4.73. The zero-order chi connectivity index (χ0) is 13.3. The van der Waals surface area contributed by atoms with E-state index in [4.69, 9.17) is 16.3 Å². The maximum Gasteiger partial charge on any atom is 0.341 e. The third-order valence-electron chi connectivity index (χ3n) is 2.83. The lowest BCUT2D eigenvalue weighted by Gasteiger charge is -2.12. The first kappa shape index (κ1) is 12.6. The number of pyridine rings is 1. The van der Waals surface area contributed by atoms with E-state index < -0.39 is 5.97 Å². The van der Waals surface area contributed by atoms with Gasteiger partial charge in [0.25, 0.3) is 0 Å². The monoisotopic (exact) mass is 264 g/mol. The van der Waals surface area contributed by atoms with Crippen molar-refractivity contribution in [1.29, 1.82) is 0 Å². The van der Waals surface area contributed by atoms with E-state index in [1.54, 1.807) is 7.05 Å². The predicted octanol–water partition coefficient (Wildman–Crippen LogP) is 3.02. The van der Waals surface area contributed by atoms with Gasteiger partial charge < -0.3 is 10.1 Å². The van der Waals surface area contributed by atoms with E-state index in [2.05, 4.69) is 10.3 Å². The van der Waals surface area contributed by atoms with Crippen LogP contribution in [0.2, 0.25) is 5.02 Å². The molecule has 18 heavy (non-hydrogen) atoms. The topological polar surface area (TPSA) is 51.2 Å². The van der Waals surface area contributed by atoms with Crippen LogP contribution in [0.4, 0.5) is 5.69 Å². The van der Waals surface area contributed by atoms with Crippen LogP contribution in [-0.4, -0.2) is 25.1 Å². The lowest BCUT2D eigenvalue weighted by atomic mass is 10.1. The second-order valence-electron chi connectivity index (χ2n) is 3.88. The minimum absolute atomic E-state index is 0.396. The molecule has 0 bridgehead atoms. The van der Waals surface area contributed by atoms with Gasteiger partial charge in [-0.3, -0.25) is 4.98 Å². The molecular weight excluding hydrogens is 252 g/mol. The highest BCUT2D eigenvalue weighted by atomic mass is 35.5. The number of ether oxygens (including phenoxy) is 1. The van der Waals surface area contributed by atoms with Gasteiger partial charge in [-0.05, 0) is 12.5 Å². The van der Waals surface area contributed by atoms with Crippen LogP contribution in [-0.2, 0) is 4.74 Å². The number of hydrogen-bond acceptors (Lipinski definition) is 4. The summed E-state index contributed by atoms with van der Waals surface area (Å²) in [6.07, 6.45) is 1.48. The highest BCUT2D eigenvalue weighted by Crippen LogP contribution is 2.32. The first-order valence-electron chi connectivity index (χ1n) is 5.44. The van der Waals surface area contributed by atoms with Crippen LogP contribution in [0, 0.1) is 6.92 Å². The molecule has 2 rings (SSSR count). The van der Waals surface area contributed by atoms with Gasteiger partial charge in [-0.15, -0.1) is 0 Å². The van der Waals surface area contributed by atoms with Crippen molar-refractivity contribution in [1.82, 2.24) is 4.98 Å². The van der Waals surface area contributed by atoms with Gasteiger partial charge in [0.1, 0.15) is 5.56 Å². The molecule has 0 aliphatic rings. The average molecular weight is 265 g/mol. The average Bonchev–Trinajstić information content (AvgIpc) is 2.40. The number of aryl methyl sites for hydroxylation is 1. The summed E-state index contributed by atoms with van der Waals surface area (Å²) in [6.45, 7) is 1.91. The number of rotatable bonds is 2. The Labute approximate surface area is 110 Å². The molecule has 0 unspecified atom stereocenters. The van der Waals surface area contributed by atoms with Gasteiger partial charge in [0, 0.05) is 18.6 Å². The Morgan fingerprint density at radius 2 is 2.17 bits per heavy atom. The van der Waals surface area contributed by atoms with Gasteiger partial charge in [-0.25, -0.2) is 4.79 Å². The molecular formula is C13H13ClN2O2. The number of carbonyl (C=O) groups excluding carboxylic acids is 1. The summed E-state index contributed by atoms with van der Waals surface area (Å²) >= 11 is 6.21. The van der Waals surface area contributed by atoms with Crippen molar-refractivity contribution in [2.24, 2.45) is 0 Å². The molecule has 2 aromatic rings. The Kier molecular flexibility index (Phi) is 3.39. The summed E-state index contributed by atoms with van der Waals surface area (Å²) in [6, 6.07) is 3.79. The maximum absolute atomic E-state index is 11.7. The lowest BCUT2D eigenvalue weighted by molar-refractivity contribution is 0.0601. The summed E-state index contributed by atoms with van der Waals surface area (Å²) in [7, 11) is 3.09. The fraction of sp³-hybridized carbons (Fsp3) is 0.231. The van der Waals surface area contributed by atoms with E-state index in [1.165, 1.54) is 13.3 Å². The largest absolute Gasteiger partial charge is 0.465 e. The number of anilines is 1. The molecule has 0 saturated heterocycles. The van der Waals surface area contributed by atoms with Crippen LogP contribution in [0.1, 0.15) is 15.9 Å². The van der Waals surface area contributed by atoms with E-state index in [-0.39, 0.29) is 0 Å². The quantitative estimate of drug-likeness (QED) is 0.847. The number of esters is 1. The van der Waals surface area contributed by atoms with Crippen molar-refractivity contribution in [2.75, 3.05) is 19.5 Å². The molecule has 1 aromatic carbocycles. The van der Waals surface area contributed by atoms with Gasteiger partial charge in [0.2, 0.25) is 0 Å². The zero-order valence-electron chi connectivity index (χ0n) is 10.4. The summed E-state index contributed by atoms with van der Waals surface area (Å²) in [4.78, 5) is 15.9. The second kappa shape index (κ2) is 4.82. The molecule has 0 saturated carbocycles. The van der Waals surface area contributed by atoms with E-state index in [0.717, 1.165) is 10.9 Å². The number of nitrogens with zero attached hydrogens (tertiary/aromatic N) is 1. The van der Waals surface area contributed by atoms with Crippen molar-refractivity contribution < 1.29 is 9.53 Å². The molecule has 0 fully saturated rings. The molecule has 0 spiro atoms. The zero-order valence-corrected chi connectivity index (χ0v) is 11.1. The standard InChI is InChI=1S/C13H13ClN2O2/c1-7-4-5-8-11(15-2)9(13(17)18-3)6-16-12(8)10(7)14/h4-6H,1-3H3,(H,15,16). The molecule has 1 aromatic heterocycles. The van der Waals surface area contributed by atoms with Crippen LogP contribution >= 0.6 is 11.6 Å². The van der Waals surface area contributed by atoms with Gasteiger partial charge >= 0.3 is 5.97 Å². The fourth-order valence-electron chi connectivity index (χ4n) is 1.87. The smallest absolute Gasteiger partial charge is 0.341 e. The molecule has 4 nitrogen and oxygen atoms in total. The van der Waals surface area contributed by atoms with Crippen molar-refractivity contribution in [2.45, 2.75) is 6.92 Å². The van der Waals surface area contributed by atoms with Gasteiger partial charge in [-0.1, -0.05) is 23.7 Å². The maximum atomic E-state index is 11.7. The Hall–Kier alpha value is -1.81. The summed E-state index contributed by atoms with van der Waals surface area (Å²) in [5, 5.41) is 4.40. The molecule has 0 aliphatic carbocycles. The van der Waals surface area contributed by atoms with E-state index in [1.807, 2.05) is 19.1 Å². The lowest BCUT2D eigenvalue weighted by Crippen LogP contribution is -2.07. The van der Waals surface area contributed by atoms with Crippen LogP contribution in [0.5, 0.6) is 0 Å². The molecule has 0 aliphatic heterocycles. The number of carbonyl (C=O) groups is 1. The highest BCUT2D eigenvalue weighted by molar-refractivity contribution is 6.36. The number of benzene rings is 1. The normalized spacial score (nSPS) is 10.4.